The predicted octanol–water partition coefficient (Wildman–Crippen LogP) is 0.476. The summed E-state index contributed by atoms with van der Waals surface area (Å²) < 4.78 is 33.1. The SMILES string of the molecule is CC(=O)OCCCSS(=O)(=O)O. The van der Waals surface area contributed by atoms with Crippen LogP contribution < -0.4 is 0 Å². The Morgan fingerprint density at radius 1 is 1.58 bits per heavy atom. The van der Waals surface area contributed by atoms with Gasteiger partial charge in [-0.25, -0.2) is 0 Å². The Morgan fingerprint density at radius 2 is 2.17 bits per heavy atom. The van der Waals surface area contributed by atoms with Gasteiger partial charge in [0.1, 0.15) is 0 Å². The van der Waals surface area contributed by atoms with Crippen LogP contribution in [0, 0.1) is 0 Å². The van der Waals surface area contributed by atoms with Gasteiger partial charge < -0.3 is 4.74 Å². The molecule has 0 aromatic heterocycles. The zero-order valence-electron chi connectivity index (χ0n) is 6.52. The van der Waals surface area contributed by atoms with E-state index in [4.69, 9.17) is 4.55 Å². The molecule has 0 unspecified atom stereocenters. The molecule has 0 aliphatic heterocycles. The van der Waals surface area contributed by atoms with Gasteiger partial charge in [0, 0.05) is 12.7 Å². The molecule has 0 aromatic carbocycles. The third-order valence-electron chi connectivity index (χ3n) is 0.826. The molecule has 0 saturated carbocycles. The molecule has 0 atom stereocenters. The molecule has 72 valence electrons. The highest BCUT2D eigenvalue weighted by atomic mass is 33.1. The minimum Gasteiger partial charge on any atom is -0.466 e. The molecule has 0 aliphatic carbocycles. The zero-order valence-corrected chi connectivity index (χ0v) is 8.15. The van der Waals surface area contributed by atoms with Crippen LogP contribution in [-0.2, 0) is 18.7 Å². The lowest BCUT2D eigenvalue weighted by molar-refractivity contribution is -0.140. The van der Waals surface area contributed by atoms with Crippen LogP contribution >= 0.6 is 10.8 Å². The molecular formula is C5H10O5S2. The molecule has 0 radical (unpaired) electrons. The number of ether oxygens (including phenoxy) is 1. The van der Waals surface area contributed by atoms with E-state index < -0.39 is 15.1 Å². The second kappa shape index (κ2) is 5.39. The highest BCUT2D eigenvalue weighted by Crippen LogP contribution is 2.09. The van der Waals surface area contributed by atoms with Gasteiger partial charge in [0.2, 0.25) is 0 Å². The van der Waals surface area contributed by atoms with Crippen molar-refractivity contribution in [2.24, 2.45) is 0 Å². The second-order valence-electron chi connectivity index (χ2n) is 1.94. The molecule has 0 bridgehead atoms. The number of esters is 1. The van der Waals surface area contributed by atoms with Gasteiger partial charge in [0.05, 0.1) is 6.61 Å². The van der Waals surface area contributed by atoms with E-state index in [1.807, 2.05) is 0 Å². The highest BCUT2D eigenvalue weighted by molar-refractivity contribution is 8.69. The molecule has 0 spiro atoms. The summed E-state index contributed by atoms with van der Waals surface area (Å²) in [5.74, 6) is -0.182. The van der Waals surface area contributed by atoms with Crippen molar-refractivity contribution in [3.8, 4) is 0 Å². The molecule has 0 aliphatic rings. The van der Waals surface area contributed by atoms with Crippen LogP contribution in [0.5, 0.6) is 0 Å². The molecule has 0 rings (SSSR count). The lowest BCUT2D eigenvalue weighted by atomic mass is 10.5. The van der Waals surface area contributed by atoms with E-state index in [-0.39, 0.29) is 12.4 Å². The van der Waals surface area contributed by atoms with Gasteiger partial charge >= 0.3 is 15.1 Å². The number of hydrogen-bond acceptors (Lipinski definition) is 5. The monoisotopic (exact) mass is 214 g/mol. The fourth-order valence-corrected chi connectivity index (χ4v) is 1.87. The molecule has 7 heteroatoms. The maximum atomic E-state index is 10.2. The summed E-state index contributed by atoms with van der Waals surface area (Å²) in [7, 11) is -3.53. The van der Waals surface area contributed by atoms with Crippen molar-refractivity contribution < 1.29 is 22.5 Å². The minimum atomic E-state index is -3.95. The maximum absolute atomic E-state index is 10.2. The van der Waals surface area contributed by atoms with Crippen LogP contribution in [0.4, 0.5) is 0 Å². The van der Waals surface area contributed by atoms with Gasteiger partial charge in [0.25, 0.3) is 0 Å². The van der Waals surface area contributed by atoms with Gasteiger partial charge in [0.15, 0.2) is 0 Å². The molecular weight excluding hydrogens is 204 g/mol. The third-order valence-corrected chi connectivity index (χ3v) is 2.97. The van der Waals surface area contributed by atoms with Gasteiger partial charge in [-0.3, -0.25) is 9.35 Å². The zero-order chi connectivity index (χ0) is 9.61. The molecule has 5 nitrogen and oxygen atoms in total. The van der Waals surface area contributed by atoms with Crippen LogP contribution in [0.1, 0.15) is 13.3 Å². The van der Waals surface area contributed by atoms with Crippen molar-refractivity contribution >= 4 is 25.9 Å². The third kappa shape index (κ3) is 9.73. The van der Waals surface area contributed by atoms with E-state index in [0.717, 1.165) is 0 Å². The normalized spacial score (nSPS) is 11.2. The summed E-state index contributed by atoms with van der Waals surface area (Å²) in [6.45, 7) is 1.45. The number of carbonyl (C=O) groups excluding carboxylic acids is 1. The van der Waals surface area contributed by atoms with Crippen molar-refractivity contribution in [2.45, 2.75) is 13.3 Å². The Balaban J connectivity index is 3.29. The standard InChI is InChI=1S/C5H10O5S2/c1-5(6)10-3-2-4-11-12(7,8)9/h2-4H2,1H3,(H,7,8,9). The first-order valence-corrected chi connectivity index (χ1v) is 6.11. The summed E-state index contributed by atoms with van der Waals surface area (Å²) in [6.07, 6.45) is 0.407. The minimum absolute atomic E-state index is 0.178. The van der Waals surface area contributed by atoms with Crippen molar-refractivity contribution in [1.29, 1.82) is 0 Å². The Morgan fingerprint density at radius 3 is 2.58 bits per heavy atom. The van der Waals surface area contributed by atoms with E-state index in [2.05, 4.69) is 4.74 Å². The first-order valence-electron chi connectivity index (χ1n) is 3.17. The molecule has 1 N–H and O–H groups in total. The summed E-state index contributed by atoms with van der Waals surface area (Å²) in [6, 6.07) is 0. The van der Waals surface area contributed by atoms with E-state index in [9.17, 15) is 13.2 Å². The molecule has 0 fully saturated rings. The molecule has 0 saturated heterocycles. The maximum Gasteiger partial charge on any atom is 0.319 e. The van der Waals surface area contributed by atoms with Crippen LogP contribution in [-0.4, -0.2) is 31.3 Å². The summed E-state index contributed by atoms with van der Waals surface area (Å²) in [5, 5.41) is 0. The quantitative estimate of drug-likeness (QED) is 0.310. The number of hydrogen-bond donors (Lipinski definition) is 1. The van der Waals surface area contributed by atoms with E-state index in [1.165, 1.54) is 6.92 Å². The lowest BCUT2D eigenvalue weighted by Crippen LogP contribution is -2.02. The molecule has 12 heavy (non-hydrogen) atoms. The van der Waals surface area contributed by atoms with Crippen molar-refractivity contribution in [1.82, 2.24) is 0 Å². The van der Waals surface area contributed by atoms with Gasteiger partial charge in [-0.05, 0) is 17.2 Å². The van der Waals surface area contributed by atoms with E-state index in [1.54, 1.807) is 0 Å². The van der Waals surface area contributed by atoms with Gasteiger partial charge in [-0.2, -0.15) is 8.42 Å². The Bertz CT molecular complexity index is 232. The second-order valence-corrected chi connectivity index (χ2v) is 5.41. The van der Waals surface area contributed by atoms with Crippen molar-refractivity contribution in [3.05, 3.63) is 0 Å². The molecule has 0 aromatic rings. The van der Waals surface area contributed by atoms with E-state index in [0.29, 0.717) is 17.2 Å². The van der Waals surface area contributed by atoms with Crippen LogP contribution in [0.3, 0.4) is 0 Å². The van der Waals surface area contributed by atoms with Crippen LogP contribution in [0.2, 0.25) is 0 Å². The Kier molecular flexibility index (Phi) is 5.27. The Hall–Kier alpha value is -0.270. The molecule has 0 amide bonds. The van der Waals surface area contributed by atoms with Gasteiger partial charge in [-0.15, -0.1) is 0 Å². The van der Waals surface area contributed by atoms with Crippen LogP contribution in [0.25, 0.3) is 0 Å². The summed E-state index contributed by atoms with van der Waals surface area (Å²) >= 11 is 0. The first-order chi connectivity index (χ1) is 5.42. The Labute approximate surface area is 74.6 Å². The van der Waals surface area contributed by atoms with E-state index >= 15 is 0 Å². The highest BCUT2D eigenvalue weighted by Gasteiger charge is 2.04. The van der Waals surface area contributed by atoms with Crippen molar-refractivity contribution in [2.75, 3.05) is 12.4 Å². The average molecular weight is 214 g/mol. The number of rotatable bonds is 5. The topological polar surface area (TPSA) is 80.7 Å². The smallest absolute Gasteiger partial charge is 0.319 e. The average Bonchev–Trinajstić information content (AvgIpc) is 1.83. The van der Waals surface area contributed by atoms with Crippen molar-refractivity contribution in [3.63, 3.8) is 0 Å². The summed E-state index contributed by atoms with van der Waals surface area (Å²) in [4.78, 5) is 10.2. The fraction of sp³-hybridized carbons (Fsp3) is 0.800. The molecule has 0 heterocycles. The van der Waals surface area contributed by atoms with Crippen LogP contribution in [0.15, 0.2) is 0 Å². The lowest BCUT2D eigenvalue weighted by Gasteiger charge is -1.99. The fourth-order valence-electron chi connectivity index (χ4n) is 0.439. The van der Waals surface area contributed by atoms with Gasteiger partial charge in [-0.1, -0.05) is 0 Å². The number of carbonyl (C=O) groups is 1. The first kappa shape index (κ1) is 11.7. The summed E-state index contributed by atoms with van der Waals surface area (Å²) in [5.41, 5.74) is 0. The predicted molar refractivity (Wildman–Crippen MR) is 45.3 cm³/mol. The largest absolute Gasteiger partial charge is 0.466 e.